The molecule has 14 heavy (non-hydrogen) atoms. The van der Waals surface area contributed by atoms with Crippen molar-refractivity contribution in [3.8, 4) is 0 Å². The number of carbonyl (C=O) groups is 1. The highest BCUT2D eigenvalue weighted by molar-refractivity contribution is 5.73. The molecule has 0 aliphatic rings. The molecule has 0 heterocycles. The van der Waals surface area contributed by atoms with E-state index < -0.39 is 12.1 Å². The first-order valence-electron chi connectivity index (χ1n) is 5.46. The van der Waals surface area contributed by atoms with Gasteiger partial charge in [-0.1, -0.05) is 33.1 Å². The number of carbonyl (C=O) groups excluding carboxylic acids is 1. The van der Waals surface area contributed by atoms with Gasteiger partial charge < -0.3 is 9.84 Å². The molecule has 0 fully saturated rings. The van der Waals surface area contributed by atoms with Crippen molar-refractivity contribution in [3.05, 3.63) is 0 Å². The second-order valence-electron chi connectivity index (χ2n) is 3.72. The second-order valence-corrected chi connectivity index (χ2v) is 3.72. The third kappa shape index (κ3) is 5.97. The third-order valence-electron chi connectivity index (χ3n) is 2.35. The zero-order valence-electron chi connectivity index (χ0n) is 9.45. The van der Waals surface area contributed by atoms with Gasteiger partial charge in [-0.25, -0.2) is 4.79 Å². The smallest absolute Gasteiger partial charge is 0.334 e. The summed E-state index contributed by atoms with van der Waals surface area (Å²) in [5.41, 5.74) is 0. The molecule has 1 unspecified atom stereocenters. The second kappa shape index (κ2) is 7.80. The van der Waals surface area contributed by atoms with Crippen molar-refractivity contribution in [2.45, 2.75) is 52.6 Å². The molecule has 0 aliphatic carbocycles. The maximum atomic E-state index is 11.0. The maximum absolute atomic E-state index is 11.0. The Morgan fingerprint density at radius 3 is 2.50 bits per heavy atom. The first-order chi connectivity index (χ1) is 6.61. The Kier molecular flexibility index (Phi) is 7.48. The lowest BCUT2D eigenvalue weighted by atomic mass is 10.0. The van der Waals surface area contributed by atoms with Gasteiger partial charge in [-0.2, -0.15) is 0 Å². The van der Waals surface area contributed by atoms with Crippen LogP contribution in [0.3, 0.4) is 0 Å². The van der Waals surface area contributed by atoms with Gasteiger partial charge in [-0.15, -0.1) is 0 Å². The van der Waals surface area contributed by atoms with E-state index in [0.29, 0.717) is 12.5 Å². The Morgan fingerprint density at radius 1 is 1.43 bits per heavy atom. The Balaban J connectivity index is 3.66. The summed E-state index contributed by atoms with van der Waals surface area (Å²) < 4.78 is 4.96. The fourth-order valence-corrected chi connectivity index (χ4v) is 1.22. The van der Waals surface area contributed by atoms with Crippen LogP contribution in [0.1, 0.15) is 46.5 Å². The minimum Gasteiger partial charge on any atom is -0.463 e. The normalized spacial score (nSPS) is 14.9. The number of rotatable bonds is 7. The molecule has 3 nitrogen and oxygen atoms in total. The highest BCUT2D eigenvalue weighted by Crippen LogP contribution is 2.12. The Labute approximate surface area is 86.5 Å². The highest BCUT2D eigenvalue weighted by atomic mass is 16.5. The van der Waals surface area contributed by atoms with Gasteiger partial charge in [0.25, 0.3) is 0 Å². The predicted octanol–water partition coefficient (Wildman–Crippen LogP) is 2.13. The van der Waals surface area contributed by atoms with E-state index in [1.165, 1.54) is 19.8 Å². The largest absolute Gasteiger partial charge is 0.463 e. The minimum atomic E-state index is -1.00. The monoisotopic (exact) mass is 202 g/mol. The summed E-state index contributed by atoms with van der Waals surface area (Å²) in [5.74, 6) is -0.0717. The van der Waals surface area contributed by atoms with Crippen molar-refractivity contribution in [3.63, 3.8) is 0 Å². The van der Waals surface area contributed by atoms with Crippen LogP contribution in [0.4, 0.5) is 0 Å². The zero-order chi connectivity index (χ0) is 11.0. The number of hydrogen-bond acceptors (Lipinski definition) is 3. The summed E-state index contributed by atoms with van der Waals surface area (Å²) in [7, 11) is 0. The zero-order valence-corrected chi connectivity index (χ0v) is 9.45. The van der Waals surface area contributed by atoms with Crippen LogP contribution in [-0.2, 0) is 9.53 Å². The van der Waals surface area contributed by atoms with Crippen LogP contribution >= 0.6 is 0 Å². The van der Waals surface area contributed by atoms with Crippen molar-refractivity contribution in [1.29, 1.82) is 0 Å². The number of unbranched alkanes of at least 4 members (excludes halogenated alkanes) is 1. The minimum absolute atomic E-state index is 0.442. The average Bonchev–Trinajstić information content (AvgIpc) is 2.17. The van der Waals surface area contributed by atoms with Gasteiger partial charge in [0.1, 0.15) is 6.10 Å². The molecule has 0 spiro atoms. The molecule has 0 aromatic carbocycles. The van der Waals surface area contributed by atoms with E-state index >= 15 is 0 Å². The van der Waals surface area contributed by atoms with Crippen molar-refractivity contribution >= 4 is 5.97 Å². The topological polar surface area (TPSA) is 46.5 Å². The number of esters is 1. The molecule has 0 amide bonds. The van der Waals surface area contributed by atoms with Gasteiger partial charge in [-0.3, -0.25) is 0 Å². The Bertz CT molecular complexity index is 155. The molecule has 2 atom stereocenters. The molecule has 3 heteroatoms. The van der Waals surface area contributed by atoms with Crippen molar-refractivity contribution in [1.82, 2.24) is 0 Å². The number of aliphatic hydroxyl groups excluding tert-OH is 1. The molecule has 1 N–H and O–H groups in total. The van der Waals surface area contributed by atoms with E-state index in [9.17, 15) is 4.79 Å². The fourth-order valence-electron chi connectivity index (χ4n) is 1.22. The summed E-state index contributed by atoms with van der Waals surface area (Å²) >= 11 is 0. The van der Waals surface area contributed by atoms with E-state index in [2.05, 4.69) is 13.8 Å². The quantitative estimate of drug-likeness (QED) is 0.643. The van der Waals surface area contributed by atoms with Gasteiger partial charge in [0.05, 0.1) is 6.61 Å². The molecule has 84 valence electrons. The van der Waals surface area contributed by atoms with Crippen LogP contribution in [0.2, 0.25) is 0 Å². The fraction of sp³-hybridized carbons (Fsp3) is 0.909. The van der Waals surface area contributed by atoms with Crippen molar-refractivity contribution < 1.29 is 14.6 Å². The molecule has 0 radical (unpaired) electrons. The van der Waals surface area contributed by atoms with Crippen LogP contribution < -0.4 is 0 Å². The van der Waals surface area contributed by atoms with E-state index in [4.69, 9.17) is 9.84 Å². The van der Waals surface area contributed by atoms with Gasteiger partial charge in [0.15, 0.2) is 0 Å². The Hall–Kier alpha value is -0.570. The van der Waals surface area contributed by atoms with Crippen LogP contribution in [0.5, 0.6) is 0 Å². The maximum Gasteiger partial charge on any atom is 0.334 e. The molecule has 0 aliphatic heterocycles. The molecule has 0 saturated carbocycles. The van der Waals surface area contributed by atoms with E-state index in [1.54, 1.807) is 0 Å². The van der Waals surface area contributed by atoms with Gasteiger partial charge >= 0.3 is 5.97 Å². The summed E-state index contributed by atoms with van der Waals surface area (Å²) in [4.78, 5) is 11.0. The van der Waals surface area contributed by atoms with E-state index in [0.717, 1.165) is 12.8 Å². The average molecular weight is 202 g/mol. The Morgan fingerprint density at radius 2 is 2.07 bits per heavy atom. The van der Waals surface area contributed by atoms with Gasteiger partial charge in [0, 0.05) is 0 Å². The van der Waals surface area contributed by atoms with Crippen LogP contribution in [0, 0.1) is 5.92 Å². The van der Waals surface area contributed by atoms with Crippen LogP contribution in [0.15, 0.2) is 0 Å². The summed E-state index contributed by atoms with van der Waals surface area (Å²) in [5, 5.41) is 8.91. The molecule has 0 aromatic rings. The molecular weight excluding hydrogens is 180 g/mol. The lowest BCUT2D eigenvalue weighted by molar-refractivity contribution is -0.154. The van der Waals surface area contributed by atoms with Crippen LogP contribution in [0.25, 0.3) is 0 Å². The first-order valence-corrected chi connectivity index (χ1v) is 5.46. The lowest BCUT2D eigenvalue weighted by Crippen LogP contribution is -2.22. The summed E-state index contributed by atoms with van der Waals surface area (Å²) in [6.07, 6.45) is 3.46. The summed E-state index contributed by atoms with van der Waals surface area (Å²) in [6, 6.07) is 0. The number of hydrogen-bond donors (Lipinski definition) is 1. The molecule has 0 rings (SSSR count). The predicted molar refractivity (Wildman–Crippen MR) is 55.9 cm³/mol. The van der Waals surface area contributed by atoms with E-state index in [1.807, 2.05) is 0 Å². The lowest BCUT2D eigenvalue weighted by Gasteiger charge is -2.15. The van der Waals surface area contributed by atoms with Crippen molar-refractivity contribution in [2.24, 2.45) is 5.92 Å². The molecule has 0 aromatic heterocycles. The molecule has 0 saturated heterocycles. The molecule has 0 bridgehead atoms. The third-order valence-corrected chi connectivity index (χ3v) is 2.35. The molecular formula is C11H22O3. The van der Waals surface area contributed by atoms with Crippen molar-refractivity contribution in [2.75, 3.05) is 6.61 Å². The first kappa shape index (κ1) is 13.4. The SMILES string of the molecule is CCCCC(CC)COC(=O)[C@H](C)O. The summed E-state index contributed by atoms with van der Waals surface area (Å²) in [6.45, 7) is 6.11. The standard InChI is InChI=1S/C11H22O3/c1-4-6-7-10(5-2)8-14-11(13)9(3)12/h9-10,12H,4-8H2,1-3H3/t9-,10?/m0/s1. The number of ether oxygens (including phenoxy) is 1. The van der Waals surface area contributed by atoms with Gasteiger partial charge in [0.2, 0.25) is 0 Å². The van der Waals surface area contributed by atoms with Gasteiger partial charge in [-0.05, 0) is 19.3 Å². The van der Waals surface area contributed by atoms with E-state index in [-0.39, 0.29) is 0 Å². The number of aliphatic hydroxyl groups is 1. The highest BCUT2D eigenvalue weighted by Gasteiger charge is 2.13. The van der Waals surface area contributed by atoms with Crippen LogP contribution in [-0.4, -0.2) is 23.8 Å².